The van der Waals surface area contributed by atoms with Gasteiger partial charge in [0.05, 0.1) is 0 Å². The van der Waals surface area contributed by atoms with E-state index < -0.39 is 0 Å². The third-order valence-corrected chi connectivity index (χ3v) is 3.37. The van der Waals surface area contributed by atoms with Crippen molar-refractivity contribution in [3.63, 3.8) is 0 Å². The SMILES string of the molecule is CC(Cc1ccsc1)NC(=O)CCCCCN. The fraction of sp³-hybridized carbons (Fsp3) is 0.615. The Morgan fingerprint density at radius 1 is 1.47 bits per heavy atom. The second kappa shape index (κ2) is 8.25. The Bertz CT molecular complexity index is 311. The molecule has 1 aromatic heterocycles. The van der Waals surface area contributed by atoms with E-state index in [-0.39, 0.29) is 11.9 Å². The molecule has 0 saturated carbocycles. The first-order chi connectivity index (χ1) is 8.22. The quantitative estimate of drug-likeness (QED) is 0.699. The van der Waals surface area contributed by atoms with E-state index in [1.165, 1.54) is 5.56 Å². The number of nitrogens with one attached hydrogen (secondary N) is 1. The van der Waals surface area contributed by atoms with E-state index in [0.29, 0.717) is 6.42 Å². The second-order valence-corrected chi connectivity index (χ2v) is 5.18. The second-order valence-electron chi connectivity index (χ2n) is 4.40. The van der Waals surface area contributed by atoms with Gasteiger partial charge < -0.3 is 11.1 Å². The Morgan fingerprint density at radius 2 is 2.29 bits per heavy atom. The highest BCUT2D eigenvalue weighted by atomic mass is 32.1. The van der Waals surface area contributed by atoms with Gasteiger partial charge in [0, 0.05) is 12.5 Å². The number of carbonyl (C=O) groups is 1. The van der Waals surface area contributed by atoms with Gasteiger partial charge >= 0.3 is 0 Å². The predicted octanol–water partition coefficient (Wildman–Crippen LogP) is 2.31. The van der Waals surface area contributed by atoms with Crippen LogP contribution in [0.15, 0.2) is 16.8 Å². The molecule has 1 unspecified atom stereocenters. The predicted molar refractivity (Wildman–Crippen MR) is 73.2 cm³/mol. The molecule has 0 bridgehead atoms. The van der Waals surface area contributed by atoms with E-state index in [1.807, 2.05) is 0 Å². The third-order valence-electron chi connectivity index (χ3n) is 2.64. The lowest BCUT2D eigenvalue weighted by molar-refractivity contribution is -0.121. The first-order valence-electron chi connectivity index (χ1n) is 6.23. The Kier molecular flexibility index (Phi) is 6.89. The van der Waals surface area contributed by atoms with Crippen molar-refractivity contribution in [2.45, 2.75) is 45.1 Å². The summed E-state index contributed by atoms with van der Waals surface area (Å²) in [6.45, 7) is 2.77. The minimum Gasteiger partial charge on any atom is -0.353 e. The summed E-state index contributed by atoms with van der Waals surface area (Å²) in [4.78, 5) is 11.6. The fourth-order valence-corrected chi connectivity index (χ4v) is 2.45. The van der Waals surface area contributed by atoms with E-state index >= 15 is 0 Å². The van der Waals surface area contributed by atoms with Gasteiger partial charge in [-0.3, -0.25) is 4.79 Å². The summed E-state index contributed by atoms with van der Waals surface area (Å²) in [6, 6.07) is 2.32. The van der Waals surface area contributed by atoms with Crippen LogP contribution < -0.4 is 11.1 Å². The number of unbranched alkanes of at least 4 members (excludes halogenated alkanes) is 2. The highest BCUT2D eigenvalue weighted by molar-refractivity contribution is 7.07. The minimum atomic E-state index is 0.157. The van der Waals surface area contributed by atoms with Crippen molar-refractivity contribution in [2.75, 3.05) is 6.54 Å². The van der Waals surface area contributed by atoms with Gasteiger partial charge in [0.25, 0.3) is 0 Å². The van der Waals surface area contributed by atoms with Gasteiger partial charge in [0.1, 0.15) is 0 Å². The molecule has 4 heteroatoms. The summed E-state index contributed by atoms with van der Waals surface area (Å²) in [5.41, 5.74) is 6.70. The van der Waals surface area contributed by atoms with Crippen molar-refractivity contribution in [3.05, 3.63) is 22.4 Å². The molecule has 96 valence electrons. The van der Waals surface area contributed by atoms with Crippen LogP contribution in [-0.4, -0.2) is 18.5 Å². The van der Waals surface area contributed by atoms with Crippen molar-refractivity contribution in [2.24, 2.45) is 5.73 Å². The van der Waals surface area contributed by atoms with E-state index in [4.69, 9.17) is 5.73 Å². The molecule has 1 amide bonds. The average molecular weight is 254 g/mol. The van der Waals surface area contributed by atoms with E-state index in [1.54, 1.807) is 11.3 Å². The largest absolute Gasteiger partial charge is 0.353 e. The molecular formula is C13H22N2OS. The van der Waals surface area contributed by atoms with Crippen molar-refractivity contribution in [1.82, 2.24) is 5.32 Å². The summed E-state index contributed by atoms with van der Waals surface area (Å²) >= 11 is 1.70. The van der Waals surface area contributed by atoms with Crippen LogP contribution in [0.3, 0.4) is 0 Å². The van der Waals surface area contributed by atoms with Gasteiger partial charge in [-0.25, -0.2) is 0 Å². The minimum absolute atomic E-state index is 0.157. The zero-order valence-electron chi connectivity index (χ0n) is 10.4. The molecule has 1 atom stereocenters. The van der Waals surface area contributed by atoms with Crippen LogP contribution >= 0.6 is 11.3 Å². The van der Waals surface area contributed by atoms with Gasteiger partial charge in [-0.15, -0.1) is 0 Å². The van der Waals surface area contributed by atoms with Crippen LogP contribution in [0.1, 0.15) is 38.2 Å². The average Bonchev–Trinajstić information content (AvgIpc) is 2.77. The maximum absolute atomic E-state index is 11.6. The Balaban J connectivity index is 2.13. The number of hydrogen-bond donors (Lipinski definition) is 2. The molecule has 1 rings (SSSR count). The van der Waals surface area contributed by atoms with Gasteiger partial charge in [0.2, 0.25) is 5.91 Å². The number of amides is 1. The van der Waals surface area contributed by atoms with Gasteiger partial charge in [-0.05, 0) is 55.1 Å². The maximum atomic E-state index is 11.6. The van der Waals surface area contributed by atoms with Crippen molar-refractivity contribution in [3.8, 4) is 0 Å². The highest BCUT2D eigenvalue weighted by Crippen LogP contribution is 2.08. The first kappa shape index (κ1) is 14.2. The molecule has 1 aromatic rings. The Morgan fingerprint density at radius 3 is 2.94 bits per heavy atom. The molecule has 0 aliphatic carbocycles. The van der Waals surface area contributed by atoms with Crippen LogP contribution in [0.2, 0.25) is 0 Å². The molecule has 1 heterocycles. The van der Waals surface area contributed by atoms with E-state index in [0.717, 1.165) is 32.2 Å². The van der Waals surface area contributed by atoms with Crippen LogP contribution in [0.4, 0.5) is 0 Å². The Hall–Kier alpha value is -0.870. The fourth-order valence-electron chi connectivity index (χ4n) is 1.77. The lowest BCUT2D eigenvalue weighted by Crippen LogP contribution is -2.33. The lowest BCUT2D eigenvalue weighted by atomic mass is 10.1. The monoisotopic (exact) mass is 254 g/mol. The lowest BCUT2D eigenvalue weighted by Gasteiger charge is -2.13. The van der Waals surface area contributed by atoms with E-state index in [9.17, 15) is 4.79 Å². The molecule has 0 aliphatic rings. The van der Waals surface area contributed by atoms with Crippen LogP contribution in [0.5, 0.6) is 0 Å². The zero-order valence-corrected chi connectivity index (χ0v) is 11.3. The molecule has 0 saturated heterocycles. The van der Waals surface area contributed by atoms with E-state index in [2.05, 4.69) is 29.1 Å². The van der Waals surface area contributed by atoms with Crippen molar-refractivity contribution < 1.29 is 4.79 Å². The number of nitrogens with two attached hydrogens (primary N) is 1. The summed E-state index contributed by atoms with van der Waals surface area (Å²) < 4.78 is 0. The van der Waals surface area contributed by atoms with Crippen LogP contribution in [0.25, 0.3) is 0 Å². The molecular weight excluding hydrogens is 232 g/mol. The van der Waals surface area contributed by atoms with Crippen molar-refractivity contribution in [1.29, 1.82) is 0 Å². The smallest absolute Gasteiger partial charge is 0.220 e. The molecule has 0 aliphatic heterocycles. The summed E-state index contributed by atoms with van der Waals surface area (Å²) in [7, 11) is 0. The molecule has 0 spiro atoms. The zero-order chi connectivity index (χ0) is 12.5. The molecule has 3 N–H and O–H groups in total. The number of hydrogen-bond acceptors (Lipinski definition) is 3. The van der Waals surface area contributed by atoms with Gasteiger partial charge in [-0.2, -0.15) is 11.3 Å². The molecule has 0 radical (unpaired) electrons. The third kappa shape index (κ3) is 6.44. The molecule has 0 aromatic carbocycles. The normalized spacial score (nSPS) is 12.4. The van der Waals surface area contributed by atoms with Gasteiger partial charge in [0.15, 0.2) is 0 Å². The molecule has 3 nitrogen and oxygen atoms in total. The maximum Gasteiger partial charge on any atom is 0.220 e. The molecule has 17 heavy (non-hydrogen) atoms. The summed E-state index contributed by atoms with van der Waals surface area (Å²) in [6.07, 6.45) is 4.53. The first-order valence-corrected chi connectivity index (χ1v) is 7.17. The standard InChI is InChI=1S/C13H22N2OS/c1-11(9-12-6-8-17-10-12)15-13(16)5-3-2-4-7-14/h6,8,10-11H,2-5,7,9,14H2,1H3,(H,15,16). The number of thiophene rings is 1. The Labute approximate surface area is 107 Å². The van der Waals surface area contributed by atoms with Crippen molar-refractivity contribution >= 4 is 17.2 Å². The van der Waals surface area contributed by atoms with Crippen LogP contribution in [0, 0.1) is 0 Å². The van der Waals surface area contributed by atoms with Gasteiger partial charge in [-0.1, -0.05) is 6.42 Å². The molecule has 0 fully saturated rings. The summed E-state index contributed by atoms with van der Waals surface area (Å²) in [5, 5.41) is 7.22. The summed E-state index contributed by atoms with van der Waals surface area (Å²) in [5.74, 6) is 0.157. The number of rotatable bonds is 8. The number of carbonyl (C=O) groups excluding carboxylic acids is 1. The highest BCUT2D eigenvalue weighted by Gasteiger charge is 2.07. The van der Waals surface area contributed by atoms with Crippen LogP contribution in [-0.2, 0) is 11.2 Å². The topological polar surface area (TPSA) is 55.1 Å².